The Morgan fingerprint density at radius 1 is 1.32 bits per heavy atom. The van der Waals surface area contributed by atoms with E-state index in [1.54, 1.807) is 30.3 Å². The van der Waals surface area contributed by atoms with Crippen molar-refractivity contribution in [1.82, 2.24) is 25.1 Å². The number of carbonyl (C=O) groups is 1. The van der Waals surface area contributed by atoms with Gasteiger partial charge in [0.1, 0.15) is 18.3 Å². The second-order valence-corrected chi connectivity index (χ2v) is 6.49. The van der Waals surface area contributed by atoms with Gasteiger partial charge in [-0.1, -0.05) is 0 Å². The van der Waals surface area contributed by atoms with E-state index in [1.165, 1.54) is 12.7 Å². The summed E-state index contributed by atoms with van der Waals surface area (Å²) in [5.41, 5.74) is 0.561. The molecule has 2 aliphatic rings. The molecular formula is C17H21N5O3. The molecule has 8 heteroatoms. The SMILES string of the molecule is CO[C@@H]1C[C@@H](c2ncn[nH]2)N(C(=O)c2ccnc(OC3CCC3)c2)C1. The van der Waals surface area contributed by atoms with Crippen molar-refractivity contribution >= 4 is 5.91 Å². The zero-order valence-electron chi connectivity index (χ0n) is 14.1. The van der Waals surface area contributed by atoms with E-state index in [2.05, 4.69) is 20.2 Å². The van der Waals surface area contributed by atoms with Gasteiger partial charge >= 0.3 is 0 Å². The zero-order valence-corrected chi connectivity index (χ0v) is 14.1. The minimum atomic E-state index is -0.177. The zero-order chi connectivity index (χ0) is 17.2. The molecule has 2 atom stereocenters. The average Bonchev–Trinajstić information content (AvgIpc) is 3.26. The number of pyridine rings is 1. The van der Waals surface area contributed by atoms with Crippen LogP contribution in [0.4, 0.5) is 0 Å². The number of nitrogens with zero attached hydrogens (tertiary/aromatic N) is 4. The first-order valence-corrected chi connectivity index (χ1v) is 8.56. The Balaban J connectivity index is 1.55. The van der Waals surface area contributed by atoms with E-state index in [4.69, 9.17) is 9.47 Å². The van der Waals surface area contributed by atoms with Gasteiger partial charge in [-0.2, -0.15) is 5.10 Å². The average molecular weight is 343 g/mol. The molecule has 1 aliphatic carbocycles. The number of aromatic nitrogens is 4. The van der Waals surface area contributed by atoms with Crippen LogP contribution < -0.4 is 4.74 Å². The van der Waals surface area contributed by atoms with E-state index in [-0.39, 0.29) is 24.2 Å². The summed E-state index contributed by atoms with van der Waals surface area (Å²) >= 11 is 0. The number of methoxy groups -OCH3 is 1. The third-order valence-electron chi connectivity index (χ3n) is 4.93. The molecule has 2 aromatic heterocycles. The topological polar surface area (TPSA) is 93.2 Å². The van der Waals surface area contributed by atoms with Gasteiger partial charge in [-0.25, -0.2) is 9.97 Å². The van der Waals surface area contributed by atoms with Gasteiger partial charge in [0.25, 0.3) is 5.91 Å². The predicted octanol–water partition coefficient (Wildman–Crippen LogP) is 1.73. The Morgan fingerprint density at radius 2 is 2.20 bits per heavy atom. The lowest BCUT2D eigenvalue weighted by atomic mass is 9.96. The maximum atomic E-state index is 13.1. The molecule has 0 spiro atoms. The normalized spacial score (nSPS) is 23.5. The van der Waals surface area contributed by atoms with Crippen molar-refractivity contribution in [3.05, 3.63) is 36.0 Å². The van der Waals surface area contributed by atoms with E-state index >= 15 is 0 Å². The highest BCUT2D eigenvalue weighted by atomic mass is 16.5. The molecule has 3 heterocycles. The fourth-order valence-electron chi connectivity index (χ4n) is 3.26. The van der Waals surface area contributed by atoms with Gasteiger partial charge in [0, 0.05) is 37.9 Å². The summed E-state index contributed by atoms with van der Waals surface area (Å²) in [6.07, 6.45) is 7.26. The lowest BCUT2D eigenvalue weighted by Crippen LogP contribution is -2.32. The van der Waals surface area contributed by atoms with Crippen molar-refractivity contribution < 1.29 is 14.3 Å². The lowest BCUT2D eigenvalue weighted by Gasteiger charge is -2.26. The van der Waals surface area contributed by atoms with Crippen molar-refractivity contribution in [3.63, 3.8) is 0 Å². The highest BCUT2D eigenvalue weighted by Crippen LogP contribution is 2.33. The van der Waals surface area contributed by atoms with E-state index < -0.39 is 0 Å². The van der Waals surface area contributed by atoms with E-state index in [0.717, 1.165) is 12.8 Å². The van der Waals surface area contributed by atoms with Crippen LogP contribution in [0.1, 0.15) is 47.9 Å². The first-order chi connectivity index (χ1) is 12.2. The van der Waals surface area contributed by atoms with Crippen molar-refractivity contribution in [1.29, 1.82) is 0 Å². The smallest absolute Gasteiger partial charge is 0.254 e. The van der Waals surface area contributed by atoms with Gasteiger partial charge in [0.2, 0.25) is 5.88 Å². The van der Waals surface area contributed by atoms with Gasteiger partial charge < -0.3 is 14.4 Å². The minimum Gasteiger partial charge on any atom is -0.474 e. The van der Waals surface area contributed by atoms with Crippen molar-refractivity contribution in [3.8, 4) is 5.88 Å². The highest BCUT2D eigenvalue weighted by Gasteiger charge is 2.38. The number of ether oxygens (including phenoxy) is 2. The molecule has 0 aromatic carbocycles. The summed E-state index contributed by atoms with van der Waals surface area (Å²) < 4.78 is 11.3. The van der Waals surface area contributed by atoms with E-state index in [0.29, 0.717) is 30.2 Å². The number of carbonyl (C=O) groups excluding carboxylic acids is 1. The van der Waals surface area contributed by atoms with Crippen LogP contribution in [0, 0.1) is 0 Å². The third kappa shape index (κ3) is 3.21. The minimum absolute atomic E-state index is 0.0217. The molecular weight excluding hydrogens is 322 g/mol. The fourth-order valence-corrected chi connectivity index (χ4v) is 3.26. The van der Waals surface area contributed by atoms with E-state index in [9.17, 15) is 4.79 Å². The molecule has 25 heavy (non-hydrogen) atoms. The first kappa shape index (κ1) is 16.0. The van der Waals surface area contributed by atoms with Crippen molar-refractivity contribution in [2.45, 2.75) is 43.9 Å². The molecule has 0 bridgehead atoms. The molecule has 2 fully saturated rings. The second-order valence-electron chi connectivity index (χ2n) is 6.49. The molecule has 1 saturated heterocycles. The number of nitrogens with one attached hydrogen (secondary N) is 1. The summed E-state index contributed by atoms with van der Waals surface area (Å²) in [6, 6.07) is 3.26. The Hall–Kier alpha value is -2.48. The van der Waals surface area contributed by atoms with Crippen LogP contribution in [0.2, 0.25) is 0 Å². The molecule has 8 nitrogen and oxygen atoms in total. The number of H-pyrrole nitrogens is 1. The van der Waals surface area contributed by atoms with Crippen molar-refractivity contribution in [2.75, 3.05) is 13.7 Å². The van der Waals surface area contributed by atoms with Crippen LogP contribution in [-0.4, -0.2) is 56.8 Å². The van der Waals surface area contributed by atoms with Crippen LogP contribution in [0.15, 0.2) is 24.7 Å². The fraction of sp³-hybridized carbons (Fsp3) is 0.529. The predicted molar refractivity (Wildman–Crippen MR) is 88.1 cm³/mol. The lowest BCUT2D eigenvalue weighted by molar-refractivity contribution is 0.0682. The van der Waals surface area contributed by atoms with Crippen LogP contribution >= 0.6 is 0 Å². The standard InChI is InChI=1S/C17H21N5O3/c1-24-13-8-14(16-19-10-20-21-16)22(9-13)17(23)11-5-6-18-15(7-11)25-12-3-2-4-12/h5-7,10,12-14H,2-4,8-9H2,1H3,(H,19,20,21)/t13-,14+/m1/s1. The molecule has 1 N–H and O–H groups in total. The summed E-state index contributed by atoms with van der Waals surface area (Å²) in [6.45, 7) is 0.516. The number of amides is 1. The number of hydrogen-bond acceptors (Lipinski definition) is 6. The van der Waals surface area contributed by atoms with Gasteiger partial charge in [-0.05, 0) is 25.3 Å². The van der Waals surface area contributed by atoms with Crippen LogP contribution in [-0.2, 0) is 4.74 Å². The summed E-state index contributed by atoms with van der Waals surface area (Å²) in [7, 11) is 1.66. The van der Waals surface area contributed by atoms with Gasteiger partial charge in [-0.3, -0.25) is 9.89 Å². The van der Waals surface area contributed by atoms with E-state index in [1.807, 2.05) is 0 Å². The van der Waals surface area contributed by atoms with Crippen LogP contribution in [0.25, 0.3) is 0 Å². The first-order valence-electron chi connectivity index (χ1n) is 8.56. The Morgan fingerprint density at radius 3 is 2.88 bits per heavy atom. The largest absolute Gasteiger partial charge is 0.474 e. The molecule has 1 saturated carbocycles. The summed E-state index contributed by atoms with van der Waals surface area (Å²) in [5.74, 6) is 1.10. The maximum Gasteiger partial charge on any atom is 0.254 e. The maximum absolute atomic E-state index is 13.1. The molecule has 132 valence electrons. The Kier molecular flexibility index (Phi) is 4.35. The Bertz CT molecular complexity index is 732. The molecule has 1 aliphatic heterocycles. The second kappa shape index (κ2) is 6.79. The van der Waals surface area contributed by atoms with Gasteiger partial charge in [0.15, 0.2) is 0 Å². The monoisotopic (exact) mass is 343 g/mol. The number of aromatic amines is 1. The summed E-state index contributed by atoms with van der Waals surface area (Å²) in [5, 5.41) is 6.77. The highest BCUT2D eigenvalue weighted by molar-refractivity contribution is 5.94. The van der Waals surface area contributed by atoms with Crippen LogP contribution in [0.3, 0.4) is 0 Å². The van der Waals surface area contributed by atoms with Gasteiger partial charge in [-0.15, -0.1) is 0 Å². The molecule has 0 unspecified atom stereocenters. The number of rotatable bonds is 5. The number of likely N-dealkylation sites (tertiary alicyclic amines) is 1. The van der Waals surface area contributed by atoms with Crippen LogP contribution in [0.5, 0.6) is 5.88 Å². The van der Waals surface area contributed by atoms with Gasteiger partial charge in [0.05, 0.1) is 12.1 Å². The summed E-state index contributed by atoms with van der Waals surface area (Å²) in [4.78, 5) is 23.3. The molecule has 1 amide bonds. The van der Waals surface area contributed by atoms with Crippen molar-refractivity contribution in [2.24, 2.45) is 0 Å². The molecule has 2 aromatic rings. The number of hydrogen-bond donors (Lipinski definition) is 1. The third-order valence-corrected chi connectivity index (χ3v) is 4.93. The molecule has 0 radical (unpaired) electrons. The quantitative estimate of drug-likeness (QED) is 0.889. The molecule has 4 rings (SSSR count). The Labute approximate surface area is 145 Å².